The van der Waals surface area contributed by atoms with Crippen molar-refractivity contribution in [1.29, 1.82) is 5.26 Å². The van der Waals surface area contributed by atoms with E-state index in [0.717, 1.165) is 11.8 Å². The Morgan fingerprint density at radius 3 is 2.61 bits per heavy atom. The van der Waals surface area contributed by atoms with Gasteiger partial charge in [0.2, 0.25) is 5.78 Å². The molecule has 0 aliphatic heterocycles. The number of ketones is 1. The first kappa shape index (κ1) is 20.5. The van der Waals surface area contributed by atoms with Crippen LogP contribution in [0.3, 0.4) is 0 Å². The van der Waals surface area contributed by atoms with E-state index in [2.05, 4.69) is 6.58 Å². The van der Waals surface area contributed by atoms with Gasteiger partial charge in [0.15, 0.2) is 0 Å². The van der Waals surface area contributed by atoms with Gasteiger partial charge < -0.3 is 14.4 Å². The molecule has 0 unspecified atom stereocenters. The smallest absolute Gasteiger partial charge is 0.266 e. The summed E-state index contributed by atoms with van der Waals surface area (Å²) >= 11 is 0. The molecule has 2 aromatic rings. The van der Waals surface area contributed by atoms with Gasteiger partial charge in [-0.1, -0.05) is 6.08 Å². The van der Waals surface area contributed by atoms with Gasteiger partial charge in [-0.3, -0.25) is 14.9 Å². The highest BCUT2D eigenvalue weighted by atomic mass is 16.6. The number of nitro groups is 1. The monoisotopic (exact) mass is 380 g/mol. The number of carbonyl (C=O) groups is 1. The molecule has 1 aromatic heterocycles. The SMILES string of the molecule is C=CCn1c(C)cc(C(=O)/C(C#N)=C/c2cc(OC)c([O-])c([N+](=O)[O-])c2)c1C. The van der Waals surface area contributed by atoms with Crippen molar-refractivity contribution in [3.8, 4) is 17.6 Å². The van der Waals surface area contributed by atoms with Gasteiger partial charge in [-0.05, 0) is 37.6 Å². The van der Waals surface area contributed by atoms with Crippen LogP contribution in [-0.4, -0.2) is 22.4 Å². The molecule has 8 nitrogen and oxygen atoms in total. The molecule has 1 aromatic carbocycles. The summed E-state index contributed by atoms with van der Waals surface area (Å²) in [7, 11) is 1.21. The molecule has 0 radical (unpaired) electrons. The summed E-state index contributed by atoms with van der Waals surface area (Å²) in [5.41, 5.74) is 1.11. The predicted octanol–water partition coefficient (Wildman–Crippen LogP) is 3.07. The normalized spacial score (nSPS) is 11.0. The third kappa shape index (κ3) is 3.78. The lowest BCUT2D eigenvalue weighted by Crippen LogP contribution is -2.06. The molecule has 0 saturated carbocycles. The molecule has 0 N–H and O–H groups in total. The van der Waals surface area contributed by atoms with Crippen LogP contribution in [0, 0.1) is 35.3 Å². The standard InChI is InChI=1S/C20H19N3O5/c1-5-6-22-12(2)7-16(13(22)3)19(24)15(11-21)8-14-9-17(23(26)27)20(25)18(10-14)28-4/h5,7-10,25H,1,6H2,2-4H3/p-1/b15-8+. The molecule has 28 heavy (non-hydrogen) atoms. The highest BCUT2D eigenvalue weighted by Crippen LogP contribution is 2.35. The van der Waals surface area contributed by atoms with Crippen molar-refractivity contribution >= 4 is 17.5 Å². The molecule has 144 valence electrons. The molecule has 0 saturated heterocycles. The zero-order valence-electron chi connectivity index (χ0n) is 15.7. The van der Waals surface area contributed by atoms with E-state index < -0.39 is 22.1 Å². The third-order valence-corrected chi connectivity index (χ3v) is 4.28. The van der Waals surface area contributed by atoms with Gasteiger partial charge in [-0.25, -0.2) is 0 Å². The Labute approximate surface area is 161 Å². The molecular formula is C20H18N3O5-. The molecule has 1 heterocycles. The van der Waals surface area contributed by atoms with Crippen LogP contribution in [0.4, 0.5) is 5.69 Å². The van der Waals surface area contributed by atoms with Crippen LogP contribution in [-0.2, 0) is 6.54 Å². The van der Waals surface area contributed by atoms with Gasteiger partial charge in [0, 0.05) is 35.3 Å². The maximum atomic E-state index is 12.9. The molecule has 2 rings (SSSR count). The van der Waals surface area contributed by atoms with Crippen LogP contribution in [0.1, 0.15) is 27.3 Å². The van der Waals surface area contributed by atoms with E-state index in [-0.39, 0.29) is 16.9 Å². The summed E-state index contributed by atoms with van der Waals surface area (Å²) in [5, 5.41) is 32.5. The zero-order chi connectivity index (χ0) is 21.0. The molecule has 0 spiro atoms. The van der Waals surface area contributed by atoms with Crippen LogP contribution >= 0.6 is 0 Å². The van der Waals surface area contributed by atoms with Crippen molar-refractivity contribution < 1.29 is 19.6 Å². The lowest BCUT2D eigenvalue weighted by Gasteiger charge is -2.13. The van der Waals surface area contributed by atoms with Crippen LogP contribution in [0.5, 0.6) is 11.5 Å². The minimum absolute atomic E-state index is 0.146. The van der Waals surface area contributed by atoms with E-state index >= 15 is 0 Å². The number of nitrogens with zero attached hydrogens (tertiary/aromatic N) is 3. The summed E-state index contributed by atoms with van der Waals surface area (Å²) in [5.74, 6) is -1.63. The number of nitriles is 1. The second-order valence-electron chi connectivity index (χ2n) is 6.01. The van der Waals surface area contributed by atoms with Crippen LogP contribution in [0.25, 0.3) is 6.08 Å². The maximum absolute atomic E-state index is 12.9. The summed E-state index contributed by atoms with van der Waals surface area (Å²) in [4.78, 5) is 23.1. The quantitative estimate of drug-likeness (QED) is 0.182. The first-order valence-electron chi connectivity index (χ1n) is 8.22. The number of carbonyl (C=O) groups excluding carboxylic acids is 1. The highest BCUT2D eigenvalue weighted by Gasteiger charge is 2.20. The molecule has 0 amide bonds. The van der Waals surface area contributed by atoms with Crippen LogP contribution < -0.4 is 9.84 Å². The Morgan fingerprint density at radius 1 is 1.39 bits per heavy atom. The molecule has 0 bridgehead atoms. The number of ether oxygens (including phenoxy) is 1. The number of nitro benzene ring substituents is 1. The summed E-state index contributed by atoms with van der Waals surface area (Å²) < 4.78 is 6.76. The van der Waals surface area contributed by atoms with Gasteiger partial charge in [0.25, 0.3) is 5.69 Å². The molecule has 0 aliphatic carbocycles. The molecule has 0 aliphatic rings. The van der Waals surface area contributed by atoms with Crippen molar-refractivity contribution in [3.05, 3.63) is 69.1 Å². The molecule has 0 atom stereocenters. The van der Waals surface area contributed by atoms with Crippen molar-refractivity contribution in [3.63, 3.8) is 0 Å². The number of rotatable bonds is 7. The average Bonchev–Trinajstić information content (AvgIpc) is 2.94. The number of aromatic nitrogens is 1. The number of benzene rings is 1. The summed E-state index contributed by atoms with van der Waals surface area (Å²) in [6, 6.07) is 5.77. The Hall–Kier alpha value is -3.86. The fourth-order valence-corrected chi connectivity index (χ4v) is 2.88. The van der Waals surface area contributed by atoms with Gasteiger partial charge in [0.1, 0.15) is 17.4 Å². The van der Waals surface area contributed by atoms with E-state index in [9.17, 15) is 25.3 Å². The molecule has 0 fully saturated rings. The van der Waals surface area contributed by atoms with E-state index in [1.165, 1.54) is 19.3 Å². The lowest BCUT2D eigenvalue weighted by atomic mass is 10.0. The van der Waals surface area contributed by atoms with Gasteiger partial charge in [-0.2, -0.15) is 5.26 Å². The number of hydrogen-bond acceptors (Lipinski definition) is 6. The number of Topliss-reactive ketones (excluding diaryl/α,β-unsaturated/α-hetero) is 1. The minimum atomic E-state index is -0.873. The Balaban J connectivity index is 2.56. The summed E-state index contributed by atoms with van der Waals surface area (Å²) in [6.07, 6.45) is 2.90. The maximum Gasteiger partial charge on any atom is 0.266 e. The number of hydrogen-bond donors (Lipinski definition) is 0. The number of methoxy groups -OCH3 is 1. The van der Waals surface area contributed by atoms with Crippen LogP contribution in [0.2, 0.25) is 0 Å². The van der Waals surface area contributed by atoms with E-state index in [1.807, 2.05) is 17.6 Å². The topological polar surface area (TPSA) is 121 Å². The Kier molecular flexibility index (Phi) is 6.01. The second kappa shape index (κ2) is 8.22. The minimum Gasteiger partial charge on any atom is -0.865 e. The predicted molar refractivity (Wildman–Crippen MR) is 101 cm³/mol. The second-order valence-corrected chi connectivity index (χ2v) is 6.01. The number of aryl methyl sites for hydroxylation is 1. The van der Waals surface area contributed by atoms with E-state index in [0.29, 0.717) is 17.8 Å². The molecule has 8 heteroatoms. The first-order chi connectivity index (χ1) is 13.2. The average molecular weight is 380 g/mol. The lowest BCUT2D eigenvalue weighted by molar-refractivity contribution is -0.398. The van der Waals surface area contributed by atoms with E-state index in [1.54, 1.807) is 19.1 Å². The van der Waals surface area contributed by atoms with Gasteiger partial charge in [0.05, 0.1) is 12.0 Å². The highest BCUT2D eigenvalue weighted by molar-refractivity contribution is 6.14. The fraction of sp³-hybridized carbons (Fsp3) is 0.200. The van der Waals surface area contributed by atoms with E-state index in [4.69, 9.17) is 4.74 Å². The van der Waals surface area contributed by atoms with Gasteiger partial charge in [-0.15, -0.1) is 6.58 Å². The Bertz CT molecular complexity index is 1040. The van der Waals surface area contributed by atoms with Crippen molar-refractivity contribution in [2.75, 3.05) is 7.11 Å². The summed E-state index contributed by atoms with van der Waals surface area (Å²) in [6.45, 7) is 7.80. The third-order valence-electron chi connectivity index (χ3n) is 4.28. The zero-order valence-corrected chi connectivity index (χ0v) is 15.7. The molecular weight excluding hydrogens is 362 g/mol. The van der Waals surface area contributed by atoms with Crippen LogP contribution in [0.15, 0.2) is 36.4 Å². The van der Waals surface area contributed by atoms with Crippen molar-refractivity contribution in [1.82, 2.24) is 4.57 Å². The van der Waals surface area contributed by atoms with Crippen molar-refractivity contribution in [2.45, 2.75) is 20.4 Å². The Morgan fingerprint density at radius 2 is 2.07 bits per heavy atom. The largest absolute Gasteiger partial charge is 0.865 e. The van der Waals surface area contributed by atoms with Gasteiger partial charge >= 0.3 is 0 Å². The fourth-order valence-electron chi connectivity index (χ4n) is 2.88. The first-order valence-corrected chi connectivity index (χ1v) is 8.22. The number of allylic oxidation sites excluding steroid dienone is 2. The van der Waals surface area contributed by atoms with Crippen molar-refractivity contribution in [2.24, 2.45) is 0 Å².